The van der Waals surface area contributed by atoms with Gasteiger partial charge in [-0.1, -0.05) is 29.8 Å². The third-order valence-corrected chi connectivity index (χ3v) is 3.24. The number of benzene rings is 2. The van der Waals surface area contributed by atoms with Crippen molar-refractivity contribution in [3.8, 4) is 11.5 Å². The van der Waals surface area contributed by atoms with Crippen LogP contribution in [-0.2, 0) is 0 Å². The molecule has 2 aromatic carbocycles. The maximum absolute atomic E-state index is 11.8. The number of halogens is 1. The summed E-state index contributed by atoms with van der Waals surface area (Å²) in [5.74, 6) is 0.758. The molecule has 1 amide bonds. The Kier molecular flexibility index (Phi) is 5.38. The number of hydrogen-bond acceptors (Lipinski definition) is 4. The van der Waals surface area contributed by atoms with Gasteiger partial charge in [0.15, 0.2) is 11.5 Å². The number of hydrazone groups is 1. The summed E-state index contributed by atoms with van der Waals surface area (Å²) in [5.41, 5.74) is 3.57. The highest BCUT2D eigenvalue weighted by Gasteiger charge is 2.08. The lowest BCUT2D eigenvalue weighted by Gasteiger charge is -2.09. The standard InChI is InChI=1S/C16H15ClN2O3/c1-21-14-8-12(13(17)9-15(14)22-2)10-18-19-16(20)11-6-4-3-5-7-11/h3-10H,1-2H3,(H,19,20)/b18-10+. The van der Waals surface area contributed by atoms with E-state index in [1.807, 2.05) is 6.07 Å². The van der Waals surface area contributed by atoms with Crippen molar-refractivity contribution in [1.82, 2.24) is 5.43 Å². The van der Waals surface area contributed by atoms with E-state index in [1.165, 1.54) is 20.4 Å². The molecule has 2 rings (SSSR count). The zero-order valence-corrected chi connectivity index (χ0v) is 12.9. The number of carbonyl (C=O) groups is 1. The molecular formula is C16H15ClN2O3. The Morgan fingerprint density at radius 1 is 1.14 bits per heavy atom. The van der Waals surface area contributed by atoms with E-state index >= 15 is 0 Å². The summed E-state index contributed by atoms with van der Waals surface area (Å²) in [6.45, 7) is 0. The highest BCUT2D eigenvalue weighted by atomic mass is 35.5. The molecule has 0 heterocycles. The third kappa shape index (κ3) is 3.77. The molecule has 0 saturated heterocycles. The monoisotopic (exact) mass is 318 g/mol. The van der Waals surface area contributed by atoms with Crippen LogP contribution < -0.4 is 14.9 Å². The number of nitrogens with zero attached hydrogens (tertiary/aromatic N) is 1. The van der Waals surface area contributed by atoms with Gasteiger partial charge in [-0.3, -0.25) is 4.79 Å². The van der Waals surface area contributed by atoms with Gasteiger partial charge < -0.3 is 9.47 Å². The van der Waals surface area contributed by atoms with Crippen molar-refractivity contribution in [2.75, 3.05) is 14.2 Å². The number of ether oxygens (including phenoxy) is 2. The van der Waals surface area contributed by atoms with Gasteiger partial charge in [-0.05, 0) is 18.2 Å². The van der Waals surface area contributed by atoms with E-state index in [-0.39, 0.29) is 5.91 Å². The largest absolute Gasteiger partial charge is 0.493 e. The van der Waals surface area contributed by atoms with Gasteiger partial charge in [-0.15, -0.1) is 0 Å². The molecule has 0 saturated carbocycles. The van der Waals surface area contributed by atoms with Gasteiger partial charge in [0, 0.05) is 17.2 Å². The lowest BCUT2D eigenvalue weighted by molar-refractivity contribution is 0.0955. The van der Waals surface area contributed by atoms with Gasteiger partial charge in [-0.25, -0.2) is 5.43 Å². The lowest BCUT2D eigenvalue weighted by Crippen LogP contribution is -2.17. The van der Waals surface area contributed by atoms with E-state index in [0.717, 1.165) is 0 Å². The topological polar surface area (TPSA) is 59.9 Å². The maximum Gasteiger partial charge on any atom is 0.271 e. The molecule has 0 aliphatic rings. The number of rotatable bonds is 5. The molecule has 1 N–H and O–H groups in total. The Balaban J connectivity index is 2.12. The van der Waals surface area contributed by atoms with Crippen LogP contribution in [0.15, 0.2) is 47.6 Å². The van der Waals surface area contributed by atoms with Crippen LogP contribution in [0.3, 0.4) is 0 Å². The minimum Gasteiger partial charge on any atom is -0.493 e. The van der Waals surface area contributed by atoms with Crippen LogP contribution in [0.1, 0.15) is 15.9 Å². The number of hydrogen-bond donors (Lipinski definition) is 1. The van der Waals surface area contributed by atoms with Crippen LogP contribution >= 0.6 is 11.6 Å². The smallest absolute Gasteiger partial charge is 0.271 e. The molecule has 0 radical (unpaired) electrons. The first kappa shape index (κ1) is 15.9. The van der Waals surface area contributed by atoms with Crippen molar-refractivity contribution in [3.05, 3.63) is 58.6 Å². The molecule has 2 aromatic rings. The van der Waals surface area contributed by atoms with E-state index < -0.39 is 0 Å². The second kappa shape index (κ2) is 7.47. The van der Waals surface area contributed by atoms with Crippen LogP contribution in [0.5, 0.6) is 11.5 Å². The van der Waals surface area contributed by atoms with E-state index in [2.05, 4.69) is 10.5 Å². The van der Waals surface area contributed by atoms with Crippen LogP contribution in [0.4, 0.5) is 0 Å². The highest BCUT2D eigenvalue weighted by Crippen LogP contribution is 2.32. The lowest BCUT2D eigenvalue weighted by atomic mass is 10.2. The first-order valence-electron chi connectivity index (χ1n) is 6.45. The Morgan fingerprint density at radius 2 is 1.77 bits per heavy atom. The molecule has 0 atom stereocenters. The van der Waals surface area contributed by atoms with Crippen LogP contribution in [0.2, 0.25) is 5.02 Å². The summed E-state index contributed by atoms with van der Waals surface area (Å²) in [7, 11) is 3.06. The molecule has 5 nitrogen and oxygen atoms in total. The minimum absolute atomic E-state index is 0.298. The SMILES string of the molecule is COc1cc(Cl)c(/C=N/NC(=O)c2ccccc2)cc1OC. The Labute approximate surface area is 133 Å². The fraction of sp³-hybridized carbons (Fsp3) is 0.125. The summed E-state index contributed by atoms with van der Waals surface area (Å²) < 4.78 is 10.3. The molecule has 0 unspecified atom stereocenters. The molecular weight excluding hydrogens is 304 g/mol. The van der Waals surface area contributed by atoms with Crippen molar-refractivity contribution in [2.45, 2.75) is 0 Å². The van der Waals surface area contributed by atoms with Crippen molar-refractivity contribution in [2.24, 2.45) is 5.10 Å². The highest BCUT2D eigenvalue weighted by molar-refractivity contribution is 6.33. The molecule has 0 aliphatic heterocycles. The average molecular weight is 319 g/mol. The van der Waals surface area contributed by atoms with Gasteiger partial charge in [0.05, 0.1) is 25.5 Å². The number of methoxy groups -OCH3 is 2. The van der Waals surface area contributed by atoms with Crippen molar-refractivity contribution in [3.63, 3.8) is 0 Å². The van der Waals surface area contributed by atoms with Crippen molar-refractivity contribution < 1.29 is 14.3 Å². The maximum atomic E-state index is 11.8. The van der Waals surface area contributed by atoms with Crippen molar-refractivity contribution in [1.29, 1.82) is 0 Å². The Bertz CT molecular complexity index is 687. The van der Waals surface area contributed by atoms with Gasteiger partial charge >= 0.3 is 0 Å². The first-order valence-corrected chi connectivity index (χ1v) is 6.83. The molecule has 22 heavy (non-hydrogen) atoms. The van der Waals surface area contributed by atoms with E-state index in [9.17, 15) is 4.79 Å². The zero-order valence-electron chi connectivity index (χ0n) is 12.2. The quantitative estimate of drug-likeness (QED) is 0.680. The molecule has 0 spiro atoms. The summed E-state index contributed by atoms with van der Waals surface area (Å²) in [5, 5.41) is 4.34. The zero-order chi connectivity index (χ0) is 15.9. The third-order valence-electron chi connectivity index (χ3n) is 2.91. The molecule has 114 valence electrons. The summed E-state index contributed by atoms with van der Waals surface area (Å²) >= 11 is 6.13. The summed E-state index contributed by atoms with van der Waals surface area (Å²) in [4.78, 5) is 11.8. The number of nitrogens with one attached hydrogen (secondary N) is 1. The Morgan fingerprint density at radius 3 is 2.41 bits per heavy atom. The van der Waals surface area contributed by atoms with Crippen LogP contribution in [-0.4, -0.2) is 26.3 Å². The van der Waals surface area contributed by atoms with Gasteiger partial charge in [0.2, 0.25) is 0 Å². The number of amides is 1. The molecule has 0 aromatic heterocycles. The number of carbonyl (C=O) groups excluding carboxylic acids is 1. The van der Waals surface area contributed by atoms with E-state index in [1.54, 1.807) is 36.4 Å². The fourth-order valence-electron chi connectivity index (χ4n) is 1.78. The second-order valence-corrected chi connectivity index (χ2v) is 4.70. The predicted octanol–water partition coefficient (Wildman–Crippen LogP) is 3.12. The molecule has 0 bridgehead atoms. The van der Waals surface area contributed by atoms with Gasteiger partial charge in [0.1, 0.15) is 0 Å². The summed E-state index contributed by atoms with van der Waals surface area (Å²) in [6.07, 6.45) is 1.45. The van der Waals surface area contributed by atoms with E-state index in [4.69, 9.17) is 21.1 Å². The summed E-state index contributed by atoms with van der Waals surface area (Å²) in [6, 6.07) is 12.1. The minimum atomic E-state index is -0.298. The second-order valence-electron chi connectivity index (χ2n) is 4.29. The molecule has 0 fully saturated rings. The molecule has 6 heteroatoms. The van der Waals surface area contributed by atoms with Crippen LogP contribution in [0, 0.1) is 0 Å². The van der Waals surface area contributed by atoms with Gasteiger partial charge in [-0.2, -0.15) is 5.10 Å². The van der Waals surface area contributed by atoms with Gasteiger partial charge in [0.25, 0.3) is 5.91 Å². The normalized spacial score (nSPS) is 10.5. The van der Waals surface area contributed by atoms with E-state index in [0.29, 0.717) is 27.6 Å². The Hall–Kier alpha value is -2.53. The first-order chi connectivity index (χ1) is 10.7. The predicted molar refractivity (Wildman–Crippen MR) is 86.1 cm³/mol. The van der Waals surface area contributed by atoms with Crippen LogP contribution in [0.25, 0.3) is 0 Å². The average Bonchev–Trinajstić information content (AvgIpc) is 2.56. The van der Waals surface area contributed by atoms with Crippen molar-refractivity contribution >= 4 is 23.7 Å². The molecule has 0 aliphatic carbocycles. The fourth-order valence-corrected chi connectivity index (χ4v) is 1.99.